The highest BCUT2D eigenvalue weighted by Gasteiger charge is 2.18. The van der Waals surface area contributed by atoms with Gasteiger partial charge in [-0.2, -0.15) is 0 Å². The summed E-state index contributed by atoms with van der Waals surface area (Å²) in [6.07, 6.45) is 0. The summed E-state index contributed by atoms with van der Waals surface area (Å²) in [5, 5.41) is 9.59. The first-order valence-corrected chi connectivity index (χ1v) is 5.78. The van der Waals surface area contributed by atoms with Crippen molar-refractivity contribution in [1.29, 1.82) is 0 Å². The number of carbonyl (C=O) groups excluding carboxylic acids is 1. The largest absolute Gasteiger partial charge is 0.395 e. The molecule has 1 atom stereocenters. The fourth-order valence-corrected chi connectivity index (χ4v) is 2.09. The summed E-state index contributed by atoms with van der Waals surface area (Å²) in [4.78, 5) is 11.4. The lowest BCUT2D eigenvalue weighted by Gasteiger charge is -2.17. The van der Waals surface area contributed by atoms with Crippen molar-refractivity contribution in [2.75, 3.05) is 6.61 Å². The summed E-state index contributed by atoms with van der Waals surface area (Å²) >= 11 is 0. The van der Waals surface area contributed by atoms with E-state index >= 15 is 0 Å². The van der Waals surface area contributed by atoms with Gasteiger partial charge in [0.25, 0.3) is 0 Å². The second-order valence-corrected chi connectivity index (χ2v) is 4.10. The fraction of sp³-hybridized carbons (Fsp3) is 0.133. The zero-order valence-corrected chi connectivity index (χ0v) is 9.91. The number of rotatable bonds is 4. The Hall–Kier alpha value is -2.13. The summed E-state index contributed by atoms with van der Waals surface area (Å²) in [5.74, 6) is -0.699. The number of carbonyl (C=O) groups is 1. The first kappa shape index (κ1) is 12.3. The number of aliphatic hydroxyl groups is 1. The Bertz CT molecular complexity index is 537. The first-order valence-electron chi connectivity index (χ1n) is 5.78. The van der Waals surface area contributed by atoms with Crippen LogP contribution in [0.1, 0.15) is 27.4 Å². The van der Waals surface area contributed by atoms with E-state index in [2.05, 4.69) is 0 Å². The van der Waals surface area contributed by atoms with Gasteiger partial charge in [-0.25, -0.2) is 0 Å². The van der Waals surface area contributed by atoms with Crippen LogP contribution in [0.25, 0.3) is 0 Å². The molecule has 0 fully saturated rings. The van der Waals surface area contributed by atoms with Crippen molar-refractivity contribution in [3.63, 3.8) is 0 Å². The van der Waals surface area contributed by atoms with Crippen molar-refractivity contribution >= 4 is 5.91 Å². The summed E-state index contributed by atoms with van der Waals surface area (Å²) in [6.45, 7) is -0.0612. The van der Waals surface area contributed by atoms with Gasteiger partial charge in [0.2, 0.25) is 5.91 Å². The monoisotopic (exact) mass is 241 g/mol. The van der Waals surface area contributed by atoms with Crippen LogP contribution in [0.3, 0.4) is 0 Å². The highest BCUT2D eigenvalue weighted by Crippen LogP contribution is 2.26. The standard InChI is InChI=1S/C15H15NO2/c16-15(18)13-9-5-4-8-12(13)14(10-17)11-6-2-1-3-7-11/h1-9,14,17H,10H2,(H2,16,18). The van der Waals surface area contributed by atoms with Crippen LogP contribution in [-0.2, 0) is 0 Å². The van der Waals surface area contributed by atoms with Crippen molar-refractivity contribution in [2.24, 2.45) is 5.73 Å². The minimum absolute atomic E-state index is 0.0612. The SMILES string of the molecule is NC(=O)c1ccccc1C(CO)c1ccccc1. The minimum atomic E-state index is -0.472. The van der Waals surface area contributed by atoms with Gasteiger partial charge in [0.15, 0.2) is 0 Å². The maximum Gasteiger partial charge on any atom is 0.249 e. The van der Waals surface area contributed by atoms with Crippen LogP contribution in [0.15, 0.2) is 54.6 Å². The summed E-state index contributed by atoms with van der Waals surface area (Å²) in [6, 6.07) is 16.7. The van der Waals surface area contributed by atoms with E-state index in [9.17, 15) is 9.90 Å². The van der Waals surface area contributed by atoms with Crippen molar-refractivity contribution in [2.45, 2.75) is 5.92 Å². The number of amides is 1. The average molecular weight is 241 g/mol. The maximum absolute atomic E-state index is 11.4. The molecule has 3 N–H and O–H groups in total. The van der Waals surface area contributed by atoms with Gasteiger partial charge in [-0.05, 0) is 17.2 Å². The molecule has 0 aromatic heterocycles. The summed E-state index contributed by atoms with van der Waals surface area (Å²) < 4.78 is 0. The van der Waals surface area contributed by atoms with Gasteiger partial charge >= 0.3 is 0 Å². The molecule has 92 valence electrons. The Morgan fingerprint density at radius 1 is 1.06 bits per heavy atom. The van der Waals surface area contributed by atoms with Crippen molar-refractivity contribution in [3.05, 3.63) is 71.3 Å². The lowest BCUT2D eigenvalue weighted by molar-refractivity contribution is 0.0999. The van der Waals surface area contributed by atoms with E-state index in [0.717, 1.165) is 11.1 Å². The normalized spacial score (nSPS) is 12.1. The Morgan fingerprint density at radius 3 is 2.28 bits per heavy atom. The number of benzene rings is 2. The molecule has 0 saturated carbocycles. The number of nitrogens with two attached hydrogens (primary N) is 1. The van der Waals surface area contributed by atoms with Gasteiger partial charge in [0.05, 0.1) is 6.61 Å². The molecule has 2 aromatic carbocycles. The zero-order valence-electron chi connectivity index (χ0n) is 9.91. The molecular formula is C15H15NO2. The lowest BCUT2D eigenvalue weighted by atomic mass is 9.88. The predicted molar refractivity (Wildman–Crippen MR) is 70.3 cm³/mol. The smallest absolute Gasteiger partial charge is 0.249 e. The molecule has 18 heavy (non-hydrogen) atoms. The average Bonchev–Trinajstić information content (AvgIpc) is 2.41. The molecule has 0 bridgehead atoms. The first-order chi connectivity index (χ1) is 8.74. The molecule has 3 nitrogen and oxygen atoms in total. The minimum Gasteiger partial charge on any atom is -0.395 e. The van der Waals surface area contributed by atoms with E-state index in [1.54, 1.807) is 12.1 Å². The van der Waals surface area contributed by atoms with Crippen LogP contribution in [-0.4, -0.2) is 17.6 Å². The van der Waals surface area contributed by atoms with E-state index in [1.165, 1.54) is 0 Å². The second-order valence-electron chi connectivity index (χ2n) is 4.10. The van der Waals surface area contributed by atoms with Crippen LogP contribution < -0.4 is 5.73 Å². The van der Waals surface area contributed by atoms with Crippen molar-refractivity contribution < 1.29 is 9.90 Å². The number of primary amides is 1. The predicted octanol–water partition coefficient (Wildman–Crippen LogP) is 1.91. The van der Waals surface area contributed by atoms with Crippen molar-refractivity contribution in [1.82, 2.24) is 0 Å². The van der Waals surface area contributed by atoms with E-state index < -0.39 is 5.91 Å². The Balaban J connectivity index is 2.49. The van der Waals surface area contributed by atoms with Gasteiger partial charge in [0.1, 0.15) is 0 Å². The molecule has 0 spiro atoms. The molecule has 0 aliphatic carbocycles. The third kappa shape index (κ3) is 2.41. The van der Waals surface area contributed by atoms with Crippen LogP contribution in [0.5, 0.6) is 0 Å². The highest BCUT2D eigenvalue weighted by atomic mass is 16.3. The molecule has 0 radical (unpaired) electrons. The molecule has 2 rings (SSSR count). The molecule has 0 heterocycles. The Morgan fingerprint density at radius 2 is 1.67 bits per heavy atom. The van der Waals surface area contributed by atoms with Gasteiger partial charge in [-0.3, -0.25) is 4.79 Å². The third-order valence-electron chi connectivity index (χ3n) is 2.99. The lowest BCUT2D eigenvalue weighted by Crippen LogP contribution is -2.17. The molecule has 0 aliphatic heterocycles. The van der Waals surface area contributed by atoms with Crippen LogP contribution in [0, 0.1) is 0 Å². The van der Waals surface area contributed by atoms with E-state index in [1.807, 2.05) is 42.5 Å². The van der Waals surface area contributed by atoms with Crippen LogP contribution in [0.2, 0.25) is 0 Å². The highest BCUT2D eigenvalue weighted by molar-refractivity contribution is 5.94. The second kappa shape index (κ2) is 5.47. The molecule has 1 unspecified atom stereocenters. The molecule has 2 aromatic rings. The van der Waals surface area contributed by atoms with Crippen LogP contribution in [0.4, 0.5) is 0 Å². The number of hydrogen-bond acceptors (Lipinski definition) is 2. The zero-order chi connectivity index (χ0) is 13.0. The maximum atomic E-state index is 11.4. The Kier molecular flexibility index (Phi) is 3.75. The molecule has 0 aliphatic rings. The number of aliphatic hydroxyl groups excluding tert-OH is 1. The van der Waals surface area contributed by atoms with E-state index in [-0.39, 0.29) is 12.5 Å². The molecular weight excluding hydrogens is 226 g/mol. The molecule has 3 heteroatoms. The quantitative estimate of drug-likeness (QED) is 0.858. The van der Waals surface area contributed by atoms with E-state index in [4.69, 9.17) is 5.73 Å². The topological polar surface area (TPSA) is 63.3 Å². The van der Waals surface area contributed by atoms with Gasteiger partial charge < -0.3 is 10.8 Å². The summed E-state index contributed by atoms with van der Waals surface area (Å²) in [5.41, 5.74) is 7.55. The third-order valence-corrected chi connectivity index (χ3v) is 2.99. The summed E-state index contributed by atoms with van der Waals surface area (Å²) in [7, 11) is 0. The van der Waals surface area contributed by atoms with Gasteiger partial charge in [-0.1, -0.05) is 48.5 Å². The van der Waals surface area contributed by atoms with Gasteiger partial charge in [-0.15, -0.1) is 0 Å². The number of hydrogen-bond donors (Lipinski definition) is 2. The molecule has 1 amide bonds. The Labute approximate surface area is 106 Å². The van der Waals surface area contributed by atoms with Crippen molar-refractivity contribution in [3.8, 4) is 0 Å². The van der Waals surface area contributed by atoms with Gasteiger partial charge in [0, 0.05) is 11.5 Å². The molecule has 0 saturated heterocycles. The van der Waals surface area contributed by atoms with Crippen LogP contribution >= 0.6 is 0 Å². The van der Waals surface area contributed by atoms with E-state index in [0.29, 0.717) is 5.56 Å². The fourth-order valence-electron chi connectivity index (χ4n) is 2.09.